The molecule has 0 fully saturated rings. The molecule has 1 aliphatic heterocycles. The first-order chi connectivity index (χ1) is 11.9. The van der Waals surface area contributed by atoms with Crippen LogP contribution in [0, 0.1) is 12.7 Å². The molecule has 3 rings (SSSR count). The van der Waals surface area contributed by atoms with Crippen molar-refractivity contribution >= 4 is 12.0 Å². The summed E-state index contributed by atoms with van der Waals surface area (Å²) in [6, 6.07) is 11.7. The minimum absolute atomic E-state index is 0.192. The number of aliphatic imine (C=N–C) groups is 1. The molecule has 0 aliphatic carbocycles. The van der Waals surface area contributed by atoms with Crippen LogP contribution in [0.5, 0.6) is 0 Å². The fraction of sp³-hybridized carbons (Fsp3) is 0.409. The predicted octanol–water partition coefficient (Wildman–Crippen LogP) is 5.91. The van der Waals surface area contributed by atoms with Crippen LogP contribution in [-0.4, -0.2) is 18.3 Å². The third-order valence-electron chi connectivity index (χ3n) is 5.79. The van der Waals surface area contributed by atoms with Gasteiger partial charge in [0.2, 0.25) is 0 Å². The number of rotatable bonds is 4. The lowest BCUT2D eigenvalue weighted by atomic mass is 9.78. The van der Waals surface area contributed by atoms with Gasteiger partial charge in [-0.2, -0.15) is 0 Å². The van der Waals surface area contributed by atoms with Gasteiger partial charge in [-0.05, 0) is 67.5 Å². The summed E-state index contributed by atoms with van der Waals surface area (Å²) < 4.78 is 13.7. The summed E-state index contributed by atoms with van der Waals surface area (Å²) >= 11 is 0. The van der Waals surface area contributed by atoms with Crippen molar-refractivity contribution in [2.45, 2.75) is 52.0 Å². The summed E-state index contributed by atoms with van der Waals surface area (Å²) in [5.74, 6) is 0.364. The molecule has 25 heavy (non-hydrogen) atoms. The lowest BCUT2D eigenvalue weighted by Gasteiger charge is -2.43. The van der Waals surface area contributed by atoms with Crippen molar-refractivity contribution < 1.29 is 4.39 Å². The van der Waals surface area contributed by atoms with Crippen LogP contribution in [0.3, 0.4) is 0 Å². The van der Waals surface area contributed by atoms with Crippen LogP contribution < -0.4 is 0 Å². The van der Waals surface area contributed by atoms with Crippen LogP contribution in [0.15, 0.2) is 41.4 Å². The topological polar surface area (TPSA) is 15.6 Å². The number of nitrogens with zero attached hydrogens (tertiary/aromatic N) is 2. The first kappa shape index (κ1) is 17.7. The van der Waals surface area contributed by atoms with Crippen LogP contribution in [0.2, 0.25) is 0 Å². The second kappa shape index (κ2) is 6.62. The Labute approximate surface area is 150 Å². The molecule has 1 aliphatic rings. The van der Waals surface area contributed by atoms with Gasteiger partial charge in [-0.1, -0.05) is 32.0 Å². The van der Waals surface area contributed by atoms with Crippen molar-refractivity contribution in [3.8, 4) is 0 Å². The quantitative estimate of drug-likeness (QED) is 0.677. The Balaban J connectivity index is 2.21. The number of benzene rings is 2. The van der Waals surface area contributed by atoms with Crippen LogP contribution in [-0.2, 0) is 5.54 Å². The van der Waals surface area contributed by atoms with Crippen molar-refractivity contribution in [2.24, 2.45) is 4.99 Å². The zero-order valence-electron chi connectivity index (χ0n) is 15.8. The molecule has 0 N–H and O–H groups in total. The fourth-order valence-electron chi connectivity index (χ4n) is 4.03. The average Bonchev–Trinajstić information content (AvgIpc) is 2.59. The molecule has 0 spiro atoms. The molecule has 0 bridgehead atoms. The van der Waals surface area contributed by atoms with E-state index >= 15 is 0 Å². The normalized spacial score (nSPS) is 19.4. The lowest BCUT2D eigenvalue weighted by Crippen LogP contribution is -2.43. The van der Waals surface area contributed by atoms with E-state index in [0.29, 0.717) is 5.92 Å². The van der Waals surface area contributed by atoms with Crippen molar-refractivity contribution in [3.05, 3.63) is 64.5 Å². The molecule has 0 saturated heterocycles. The third kappa shape index (κ3) is 2.86. The highest BCUT2D eigenvalue weighted by atomic mass is 19.1. The van der Waals surface area contributed by atoms with Crippen LogP contribution in [0.1, 0.15) is 61.8 Å². The predicted molar refractivity (Wildman–Crippen MR) is 103 cm³/mol. The number of halogens is 1. The number of aryl methyl sites for hydroxylation is 1. The minimum Gasteiger partial charge on any atom is -0.352 e. The van der Waals surface area contributed by atoms with Crippen molar-refractivity contribution in [3.63, 3.8) is 0 Å². The Morgan fingerprint density at radius 3 is 2.44 bits per heavy atom. The molecule has 1 atom stereocenters. The van der Waals surface area contributed by atoms with Crippen molar-refractivity contribution in [1.82, 2.24) is 4.90 Å². The Hall–Kier alpha value is -2.16. The molecule has 2 nitrogen and oxygen atoms in total. The molecule has 0 saturated carbocycles. The van der Waals surface area contributed by atoms with Crippen molar-refractivity contribution in [1.29, 1.82) is 0 Å². The second-order valence-corrected chi connectivity index (χ2v) is 7.18. The van der Waals surface area contributed by atoms with E-state index in [-0.39, 0.29) is 11.4 Å². The van der Waals surface area contributed by atoms with Crippen molar-refractivity contribution in [2.75, 3.05) is 7.05 Å². The Bertz CT molecular complexity index is 808. The average molecular weight is 338 g/mol. The summed E-state index contributed by atoms with van der Waals surface area (Å²) in [6.45, 7) is 8.66. The molecular weight excluding hydrogens is 311 g/mol. The van der Waals surface area contributed by atoms with E-state index in [1.165, 1.54) is 11.1 Å². The molecule has 1 unspecified atom stereocenters. The third-order valence-corrected chi connectivity index (χ3v) is 5.79. The van der Waals surface area contributed by atoms with Gasteiger partial charge in [0.15, 0.2) is 0 Å². The van der Waals surface area contributed by atoms with Gasteiger partial charge in [0.05, 0.1) is 17.6 Å². The largest absolute Gasteiger partial charge is 0.352 e. The Morgan fingerprint density at radius 2 is 1.80 bits per heavy atom. The molecule has 0 aromatic heterocycles. The number of hydrogen-bond acceptors (Lipinski definition) is 2. The van der Waals surface area contributed by atoms with E-state index in [4.69, 9.17) is 0 Å². The van der Waals surface area contributed by atoms with E-state index < -0.39 is 0 Å². The van der Waals surface area contributed by atoms with Gasteiger partial charge in [-0.3, -0.25) is 0 Å². The van der Waals surface area contributed by atoms with E-state index in [2.05, 4.69) is 48.9 Å². The first-order valence-corrected chi connectivity index (χ1v) is 9.10. The summed E-state index contributed by atoms with van der Waals surface area (Å²) in [7, 11) is 2.04. The van der Waals surface area contributed by atoms with Crippen LogP contribution in [0.25, 0.3) is 0 Å². The maximum absolute atomic E-state index is 13.7. The van der Waals surface area contributed by atoms with E-state index in [0.717, 1.165) is 29.7 Å². The highest BCUT2D eigenvalue weighted by Gasteiger charge is 2.38. The lowest BCUT2D eigenvalue weighted by molar-refractivity contribution is 0.290. The van der Waals surface area contributed by atoms with Gasteiger partial charge < -0.3 is 4.90 Å². The fourth-order valence-corrected chi connectivity index (χ4v) is 4.03. The molecule has 2 aromatic rings. The molecule has 2 aromatic carbocycles. The van der Waals surface area contributed by atoms with E-state index in [9.17, 15) is 4.39 Å². The summed E-state index contributed by atoms with van der Waals surface area (Å²) in [4.78, 5) is 6.75. The zero-order valence-corrected chi connectivity index (χ0v) is 15.8. The second-order valence-electron chi connectivity index (χ2n) is 7.18. The SMILES string of the molecule is CCC(CC)c1ccc2c(c1)C(C)(c1ccc(F)cc1C)N(C)C=N2. The Morgan fingerprint density at radius 1 is 1.08 bits per heavy atom. The van der Waals surface area contributed by atoms with Gasteiger partial charge in [0.25, 0.3) is 0 Å². The molecule has 0 radical (unpaired) electrons. The molecule has 132 valence electrons. The van der Waals surface area contributed by atoms with Crippen LogP contribution in [0.4, 0.5) is 10.1 Å². The summed E-state index contributed by atoms with van der Waals surface area (Å²) in [5, 5.41) is 0. The summed E-state index contributed by atoms with van der Waals surface area (Å²) in [6.07, 6.45) is 4.13. The van der Waals surface area contributed by atoms with Crippen LogP contribution >= 0.6 is 0 Å². The Kier molecular flexibility index (Phi) is 4.68. The highest BCUT2D eigenvalue weighted by Crippen LogP contribution is 2.44. The van der Waals surface area contributed by atoms with E-state index in [1.807, 2.05) is 26.4 Å². The molecule has 3 heteroatoms. The summed E-state index contributed by atoms with van der Waals surface area (Å²) in [5.41, 5.74) is 5.27. The monoisotopic (exact) mass is 338 g/mol. The maximum Gasteiger partial charge on any atom is 0.123 e. The van der Waals surface area contributed by atoms with Gasteiger partial charge in [-0.25, -0.2) is 9.38 Å². The molecule has 0 amide bonds. The number of hydrogen-bond donors (Lipinski definition) is 0. The minimum atomic E-state index is -0.364. The number of fused-ring (bicyclic) bond motifs is 1. The van der Waals surface area contributed by atoms with Gasteiger partial charge in [-0.15, -0.1) is 0 Å². The smallest absolute Gasteiger partial charge is 0.123 e. The first-order valence-electron chi connectivity index (χ1n) is 9.10. The van der Waals surface area contributed by atoms with Gasteiger partial charge >= 0.3 is 0 Å². The molecule has 1 heterocycles. The highest BCUT2D eigenvalue weighted by molar-refractivity contribution is 5.72. The standard InChI is InChI=1S/C22H27FN2/c1-6-16(7-2)17-8-11-21-20(13-17)22(4,25(5)14-24-21)19-10-9-18(23)12-15(19)3/h8-14,16H,6-7H2,1-5H3. The maximum atomic E-state index is 13.7. The molecular formula is C22H27FN2. The zero-order chi connectivity index (χ0) is 18.2. The van der Waals surface area contributed by atoms with Gasteiger partial charge in [0, 0.05) is 12.6 Å². The van der Waals surface area contributed by atoms with E-state index in [1.54, 1.807) is 12.1 Å². The van der Waals surface area contributed by atoms with Gasteiger partial charge in [0.1, 0.15) is 5.82 Å².